The van der Waals surface area contributed by atoms with Gasteiger partial charge in [-0.15, -0.1) is 0 Å². The molecule has 1 atom stereocenters. The molecule has 0 aliphatic carbocycles. The van der Waals surface area contributed by atoms with E-state index in [0.717, 1.165) is 5.56 Å². The van der Waals surface area contributed by atoms with Crippen LogP contribution in [0.15, 0.2) is 30.3 Å². The first-order valence-corrected chi connectivity index (χ1v) is 7.67. The van der Waals surface area contributed by atoms with Gasteiger partial charge in [0.2, 0.25) is 0 Å². The Morgan fingerprint density at radius 1 is 1.26 bits per heavy atom. The standard InChI is InChI=1S/C12H19N3O3S/c13-10-12(11-4-2-1-3-5-11)14-19(16,17)15-6-8-18-9-7-15/h1-5,12,14H,6-10,13H2. The molecule has 1 aliphatic heterocycles. The molecule has 1 aromatic carbocycles. The number of morpholine rings is 1. The zero-order valence-electron chi connectivity index (χ0n) is 10.7. The normalized spacial score (nSPS) is 19.2. The molecule has 1 unspecified atom stereocenters. The molecule has 0 saturated carbocycles. The summed E-state index contributed by atoms with van der Waals surface area (Å²) in [5.74, 6) is 0. The Hall–Kier alpha value is -0.990. The number of rotatable bonds is 5. The number of nitrogens with two attached hydrogens (primary N) is 1. The van der Waals surface area contributed by atoms with E-state index in [1.807, 2.05) is 30.3 Å². The number of hydrogen-bond acceptors (Lipinski definition) is 4. The van der Waals surface area contributed by atoms with Crippen LogP contribution in [0.1, 0.15) is 11.6 Å². The smallest absolute Gasteiger partial charge is 0.280 e. The average Bonchev–Trinajstić information content (AvgIpc) is 2.47. The van der Waals surface area contributed by atoms with Crippen LogP contribution in [-0.4, -0.2) is 45.6 Å². The molecule has 1 aromatic rings. The van der Waals surface area contributed by atoms with E-state index >= 15 is 0 Å². The fourth-order valence-electron chi connectivity index (χ4n) is 1.98. The lowest BCUT2D eigenvalue weighted by molar-refractivity contribution is 0.0723. The van der Waals surface area contributed by atoms with Gasteiger partial charge in [0.1, 0.15) is 0 Å². The first-order chi connectivity index (χ1) is 9.13. The van der Waals surface area contributed by atoms with Crippen molar-refractivity contribution in [2.24, 2.45) is 5.73 Å². The third kappa shape index (κ3) is 3.74. The maximum Gasteiger partial charge on any atom is 0.280 e. The van der Waals surface area contributed by atoms with Crippen LogP contribution in [0, 0.1) is 0 Å². The monoisotopic (exact) mass is 285 g/mol. The molecule has 2 rings (SSSR count). The number of nitrogens with zero attached hydrogens (tertiary/aromatic N) is 1. The predicted molar refractivity (Wildman–Crippen MR) is 72.7 cm³/mol. The Morgan fingerprint density at radius 3 is 2.47 bits per heavy atom. The first kappa shape index (κ1) is 14.4. The second-order valence-corrected chi connectivity index (χ2v) is 6.04. The Kier molecular flexibility index (Phi) is 4.89. The molecule has 1 fully saturated rings. The summed E-state index contributed by atoms with van der Waals surface area (Å²) in [5.41, 5.74) is 6.53. The van der Waals surface area contributed by atoms with Crippen LogP contribution >= 0.6 is 0 Å². The van der Waals surface area contributed by atoms with Gasteiger partial charge < -0.3 is 10.5 Å². The van der Waals surface area contributed by atoms with Gasteiger partial charge in [-0.3, -0.25) is 0 Å². The topological polar surface area (TPSA) is 84.7 Å². The van der Waals surface area contributed by atoms with E-state index in [-0.39, 0.29) is 6.54 Å². The van der Waals surface area contributed by atoms with E-state index in [2.05, 4.69) is 4.72 Å². The number of hydrogen-bond donors (Lipinski definition) is 2. The molecule has 0 aromatic heterocycles. The van der Waals surface area contributed by atoms with Crippen molar-refractivity contribution in [1.82, 2.24) is 9.03 Å². The zero-order chi connectivity index (χ0) is 13.7. The van der Waals surface area contributed by atoms with Gasteiger partial charge in [0.15, 0.2) is 0 Å². The minimum Gasteiger partial charge on any atom is -0.379 e. The summed E-state index contributed by atoms with van der Waals surface area (Å²) in [6.45, 7) is 1.83. The summed E-state index contributed by atoms with van der Waals surface area (Å²) in [6, 6.07) is 8.92. The van der Waals surface area contributed by atoms with Crippen LogP contribution in [0.5, 0.6) is 0 Å². The van der Waals surface area contributed by atoms with Crippen molar-refractivity contribution < 1.29 is 13.2 Å². The molecule has 6 nitrogen and oxygen atoms in total. The van der Waals surface area contributed by atoms with Crippen molar-refractivity contribution >= 4 is 10.2 Å². The maximum absolute atomic E-state index is 12.2. The quantitative estimate of drug-likeness (QED) is 0.788. The van der Waals surface area contributed by atoms with Gasteiger partial charge in [-0.25, -0.2) is 0 Å². The van der Waals surface area contributed by atoms with Crippen molar-refractivity contribution in [3.63, 3.8) is 0 Å². The summed E-state index contributed by atoms with van der Waals surface area (Å²) < 4.78 is 33.7. The molecule has 19 heavy (non-hydrogen) atoms. The van der Waals surface area contributed by atoms with Gasteiger partial charge in [-0.1, -0.05) is 30.3 Å². The summed E-state index contributed by atoms with van der Waals surface area (Å²) >= 11 is 0. The molecule has 1 saturated heterocycles. The van der Waals surface area contributed by atoms with E-state index in [1.54, 1.807) is 0 Å². The average molecular weight is 285 g/mol. The Balaban J connectivity index is 2.09. The third-order valence-corrected chi connectivity index (χ3v) is 4.67. The van der Waals surface area contributed by atoms with Crippen molar-refractivity contribution in [2.45, 2.75) is 6.04 Å². The Morgan fingerprint density at radius 2 is 1.89 bits per heavy atom. The molecule has 0 bridgehead atoms. The fraction of sp³-hybridized carbons (Fsp3) is 0.500. The van der Waals surface area contributed by atoms with E-state index in [4.69, 9.17) is 10.5 Å². The molecule has 7 heteroatoms. The van der Waals surface area contributed by atoms with Gasteiger partial charge in [-0.05, 0) is 5.56 Å². The zero-order valence-corrected chi connectivity index (χ0v) is 11.5. The van der Waals surface area contributed by atoms with Crippen LogP contribution in [0.4, 0.5) is 0 Å². The minimum atomic E-state index is -3.52. The second kappa shape index (κ2) is 6.44. The lowest BCUT2D eigenvalue weighted by atomic mass is 10.1. The summed E-state index contributed by atoms with van der Waals surface area (Å²) in [7, 11) is -3.52. The first-order valence-electron chi connectivity index (χ1n) is 6.23. The van der Waals surface area contributed by atoms with Crippen molar-refractivity contribution in [2.75, 3.05) is 32.8 Å². The number of ether oxygens (including phenoxy) is 1. The van der Waals surface area contributed by atoms with E-state index in [1.165, 1.54) is 4.31 Å². The molecule has 1 heterocycles. The highest BCUT2D eigenvalue weighted by atomic mass is 32.2. The lowest BCUT2D eigenvalue weighted by Crippen LogP contribution is -2.48. The molecule has 3 N–H and O–H groups in total. The minimum absolute atomic E-state index is 0.216. The summed E-state index contributed by atoms with van der Waals surface area (Å²) in [4.78, 5) is 0. The van der Waals surface area contributed by atoms with Crippen molar-refractivity contribution in [3.05, 3.63) is 35.9 Å². The highest BCUT2D eigenvalue weighted by Crippen LogP contribution is 2.14. The van der Waals surface area contributed by atoms with Crippen LogP contribution in [0.3, 0.4) is 0 Å². The van der Waals surface area contributed by atoms with Crippen LogP contribution in [0.25, 0.3) is 0 Å². The molecule has 0 radical (unpaired) electrons. The van der Waals surface area contributed by atoms with Gasteiger partial charge in [0, 0.05) is 19.6 Å². The van der Waals surface area contributed by atoms with Gasteiger partial charge in [0.25, 0.3) is 10.2 Å². The van der Waals surface area contributed by atoms with Crippen LogP contribution in [0.2, 0.25) is 0 Å². The fourth-order valence-corrected chi connectivity index (χ4v) is 3.35. The Labute approximate surface area is 113 Å². The SMILES string of the molecule is NCC(NS(=O)(=O)N1CCOCC1)c1ccccc1. The molecule has 1 aliphatic rings. The molecule has 106 valence electrons. The highest BCUT2D eigenvalue weighted by molar-refractivity contribution is 7.87. The third-order valence-electron chi connectivity index (χ3n) is 3.04. The number of nitrogens with one attached hydrogen (secondary N) is 1. The van der Waals surface area contributed by atoms with Gasteiger partial charge in [-0.2, -0.15) is 17.4 Å². The number of benzene rings is 1. The van der Waals surface area contributed by atoms with E-state index in [0.29, 0.717) is 26.3 Å². The molecular formula is C12H19N3O3S. The highest BCUT2D eigenvalue weighted by Gasteiger charge is 2.27. The second-order valence-electron chi connectivity index (χ2n) is 4.33. The largest absolute Gasteiger partial charge is 0.379 e. The van der Waals surface area contributed by atoms with Crippen LogP contribution < -0.4 is 10.5 Å². The Bertz CT molecular complexity index is 486. The van der Waals surface area contributed by atoms with E-state index < -0.39 is 16.3 Å². The van der Waals surface area contributed by atoms with Crippen LogP contribution in [-0.2, 0) is 14.9 Å². The molecular weight excluding hydrogens is 266 g/mol. The van der Waals surface area contributed by atoms with Crippen molar-refractivity contribution in [1.29, 1.82) is 0 Å². The summed E-state index contributed by atoms with van der Waals surface area (Å²) in [6.07, 6.45) is 0. The molecule has 0 amide bonds. The molecule has 0 spiro atoms. The predicted octanol–water partition coefficient (Wildman–Crippen LogP) is -0.147. The van der Waals surface area contributed by atoms with Gasteiger partial charge >= 0.3 is 0 Å². The maximum atomic E-state index is 12.2. The van der Waals surface area contributed by atoms with E-state index in [9.17, 15) is 8.42 Å². The summed E-state index contributed by atoms with van der Waals surface area (Å²) in [5, 5.41) is 0. The van der Waals surface area contributed by atoms with Gasteiger partial charge in [0.05, 0.1) is 19.3 Å². The van der Waals surface area contributed by atoms with Crippen molar-refractivity contribution in [3.8, 4) is 0 Å². The lowest BCUT2D eigenvalue weighted by Gasteiger charge is -2.28.